The zero-order valence-corrected chi connectivity index (χ0v) is 14.5. The highest BCUT2D eigenvalue weighted by Crippen LogP contribution is 2.39. The maximum Gasteiger partial charge on any atom is 0.334 e. The van der Waals surface area contributed by atoms with Crippen LogP contribution in [0.15, 0.2) is 34.9 Å². The van der Waals surface area contributed by atoms with Crippen molar-refractivity contribution < 1.29 is 9.53 Å². The summed E-state index contributed by atoms with van der Waals surface area (Å²) in [5, 5.41) is 0. The first kappa shape index (κ1) is 17.1. The molecule has 0 spiro atoms. The molecule has 1 heterocycles. The average molecular weight is 302 g/mol. The van der Waals surface area contributed by atoms with E-state index in [4.69, 9.17) is 4.74 Å². The number of carbonyl (C=O) groups is 1. The molecule has 1 fully saturated rings. The number of fused-ring (bicyclic) bond motifs is 1. The van der Waals surface area contributed by atoms with E-state index in [1.54, 1.807) is 0 Å². The minimum Gasteiger partial charge on any atom is -0.462 e. The molecule has 0 saturated carbocycles. The molecule has 1 aliphatic heterocycles. The van der Waals surface area contributed by atoms with Crippen molar-refractivity contribution in [3.05, 3.63) is 34.9 Å². The van der Waals surface area contributed by atoms with Crippen LogP contribution in [0.1, 0.15) is 59.8 Å². The van der Waals surface area contributed by atoms with Gasteiger partial charge in [-0.15, -0.1) is 0 Å². The molecule has 2 aliphatic rings. The van der Waals surface area contributed by atoms with Gasteiger partial charge in [0.15, 0.2) is 0 Å². The molecule has 1 saturated heterocycles. The first-order valence-electron chi connectivity index (χ1n) is 8.65. The molecule has 0 aromatic carbocycles. The Balaban J connectivity index is 2.13. The van der Waals surface area contributed by atoms with Crippen molar-refractivity contribution in [2.75, 3.05) is 6.61 Å². The number of carbonyl (C=O) groups excluding carboxylic acids is 1. The number of allylic oxidation sites excluding steroid dienone is 5. The van der Waals surface area contributed by atoms with Crippen molar-refractivity contribution in [2.45, 2.75) is 59.8 Å². The molecule has 0 N–H and O–H groups in total. The molecule has 2 nitrogen and oxygen atoms in total. The molecule has 22 heavy (non-hydrogen) atoms. The SMILES string of the molecule is CC(C)=CCC[C@H](C)[C@H]1CC/C(C)=C/C/C=C2\C(=O)OC[C@@H]21. The Morgan fingerprint density at radius 2 is 2.18 bits per heavy atom. The van der Waals surface area contributed by atoms with Crippen LogP contribution < -0.4 is 0 Å². The fourth-order valence-corrected chi connectivity index (χ4v) is 3.69. The molecule has 0 bridgehead atoms. The van der Waals surface area contributed by atoms with Gasteiger partial charge in [0.25, 0.3) is 0 Å². The maximum absolute atomic E-state index is 12.0. The topological polar surface area (TPSA) is 26.3 Å². The molecule has 0 radical (unpaired) electrons. The summed E-state index contributed by atoms with van der Waals surface area (Å²) in [6, 6.07) is 0. The average Bonchev–Trinajstić information content (AvgIpc) is 2.83. The molecule has 3 atom stereocenters. The van der Waals surface area contributed by atoms with Crippen molar-refractivity contribution in [1.82, 2.24) is 0 Å². The lowest BCUT2D eigenvalue weighted by molar-refractivity contribution is -0.135. The highest BCUT2D eigenvalue weighted by Gasteiger charge is 2.38. The lowest BCUT2D eigenvalue weighted by atomic mass is 9.75. The van der Waals surface area contributed by atoms with Crippen LogP contribution in [0, 0.1) is 17.8 Å². The third kappa shape index (κ3) is 4.34. The van der Waals surface area contributed by atoms with Crippen molar-refractivity contribution >= 4 is 5.97 Å². The second kappa shape index (κ2) is 7.80. The van der Waals surface area contributed by atoms with E-state index in [1.807, 2.05) is 0 Å². The zero-order valence-electron chi connectivity index (χ0n) is 14.5. The molecule has 2 heteroatoms. The number of ether oxygens (including phenoxy) is 1. The quantitative estimate of drug-likeness (QED) is 0.526. The summed E-state index contributed by atoms with van der Waals surface area (Å²) in [6.45, 7) is 9.46. The van der Waals surface area contributed by atoms with E-state index >= 15 is 0 Å². The molecule has 2 rings (SSSR count). The van der Waals surface area contributed by atoms with Crippen molar-refractivity contribution in [1.29, 1.82) is 0 Å². The highest BCUT2D eigenvalue weighted by atomic mass is 16.5. The van der Waals surface area contributed by atoms with E-state index in [0.29, 0.717) is 24.4 Å². The van der Waals surface area contributed by atoms with Crippen molar-refractivity contribution in [3.63, 3.8) is 0 Å². The summed E-state index contributed by atoms with van der Waals surface area (Å²) < 4.78 is 5.36. The smallest absolute Gasteiger partial charge is 0.334 e. The van der Waals surface area contributed by atoms with Crippen LogP contribution in [-0.2, 0) is 9.53 Å². The number of hydrogen-bond acceptors (Lipinski definition) is 2. The van der Waals surface area contributed by atoms with Gasteiger partial charge >= 0.3 is 5.97 Å². The maximum atomic E-state index is 12.0. The standard InChI is InChI=1S/C20H30O2/c1-14(2)7-5-9-16(4)17-12-11-15(3)8-6-10-18-19(17)13-22-20(18)21/h7-8,10,16-17,19H,5-6,9,11-13H2,1-4H3/b15-8+,18-10-/t16-,17+,19+/m0/s1. The Morgan fingerprint density at radius 1 is 1.41 bits per heavy atom. The summed E-state index contributed by atoms with van der Waals surface area (Å²) in [7, 11) is 0. The number of rotatable bonds is 4. The van der Waals surface area contributed by atoms with Gasteiger partial charge in [-0.05, 0) is 64.7 Å². The largest absolute Gasteiger partial charge is 0.462 e. The number of esters is 1. The summed E-state index contributed by atoms with van der Waals surface area (Å²) in [6.07, 6.45) is 12.2. The number of cyclic esters (lactones) is 1. The third-order valence-corrected chi connectivity index (χ3v) is 5.13. The van der Waals surface area contributed by atoms with Crippen LogP contribution in [0.2, 0.25) is 0 Å². The lowest BCUT2D eigenvalue weighted by Crippen LogP contribution is -2.24. The van der Waals surface area contributed by atoms with Crippen LogP contribution in [0.25, 0.3) is 0 Å². The van der Waals surface area contributed by atoms with Crippen LogP contribution in [0.4, 0.5) is 0 Å². The normalized spacial score (nSPS) is 31.4. The zero-order chi connectivity index (χ0) is 16.1. The number of hydrogen-bond donors (Lipinski definition) is 0. The van der Waals surface area contributed by atoms with E-state index in [1.165, 1.54) is 17.6 Å². The Kier molecular flexibility index (Phi) is 6.05. The van der Waals surface area contributed by atoms with E-state index in [-0.39, 0.29) is 5.97 Å². The minimum atomic E-state index is -0.0838. The predicted molar refractivity (Wildman–Crippen MR) is 91.5 cm³/mol. The van der Waals surface area contributed by atoms with Crippen molar-refractivity contribution in [2.24, 2.45) is 17.8 Å². The van der Waals surface area contributed by atoms with Crippen molar-refractivity contribution in [3.8, 4) is 0 Å². The summed E-state index contributed by atoms with van der Waals surface area (Å²) >= 11 is 0. The monoisotopic (exact) mass is 302 g/mol. The van der Waals surface area contributed by atoms with Crippen LogP contribution in [0.3, 0.4) is 0 Å². The van der Waals surface area contributed by atoms with Gasteiger partial charge in [-0.1, -0.05) is 36.3 Å². The first-order valence-corrected chi connectivity index (χ1v) is 8.65. The Morgan fingerprint density at radius 3 is 2.91 bits per heavy atom. The van der Waals surface area contributed by atoms with Gasteiger partial charge in [0.05, 0.1) is 6.61 Å². The van der Waals surface area contributed by atoms with E-state index in [0.717, 1.165) is 31.3 Å². The fourth-order valence-electron chi connectivity index (χ4n) is 3.69. The van der Waals surface area contributed by atoms with Gasteiger partial charge in [-0.25, -0.2) is 4.79 Å². The summed E-state index contributed by atoms with van der Waals surface area (Å²) in [5.74, 6) is 1.38. The summed E-state index contributed by atoms with van der Waals surface area (Å²) in [4.78, 5) is 12.0. The molecule has 0 amide bonds. The van der Waals surface area contributed by atoms with E-state index in [2.05, 4.69) is 45.9 Å². The predicted octanol–water partition coefficient (Wildman–Crippen LogP) is 5.21. The van der Waals surface area contributed by atoms with Gasteiger partial charge in [0, 0.05) is 11.5 Å². The van der Waals surface area contributed by atoms with E-state index < -0.39 is 0 Å². The van der Waals surface area contributed by atoms with Crippen LogP contribution in [-0.4, -0.2) is 12.6 Å². The first-order chi connectivity index (χ1) is 10.5. The molecule has 0 unspecified atom stereocenters. The summed E-state index contributed by atoms with van der Waals surface area (Å²) in [5.41, 5.74) is 3.78. The van der Waals surface area contributed by atoms with Crippen LogP contribution in [0.5, 0.6) is 0 Å². The Labute approximate surface area is 135 Å². The molecular weight excluding hydrogens is 272 g/mol. The molecular formula is C20H30O2. The van der Waals surface area contributed by atoms with Crippen LogP contribution >= 0.6 is 0 Å². The van der Waals surface area contributed by atoms with E-state index in [9.17, 15) is 4.79 Å². The molecule has 122 valence electrons. The second-order valence-corrected chi connectivity index (χ2v) is 7.19. The Hall–Kier alpha value is -1.31. The van der Waals surface area contributed by atoms with Gasteiger partial charge < -0.3 is 4.74 Å². The molecule has 0 aromatic rings. The third-order valence-electron chi connectivity index (χ3n) is 5.13. The minimum absolute atomic E-state index is 0.0838. The lowest BCUT2D eigenvalue weighted by Gasteiger charge is -2.28. The van der Waals surface area contributed by atoms with Gasteiger partial charge in [-0.3, -0.25) is 0 Å². The highest BCUT2D eigenvalue weighted by molar-refractivity contribution is 5.91. The van der Waals surface area contributed by atoms with Gasteiger partial charge in [0.1, 0.15) is 0 Å². The van der Waals surface area contributed by atoms with Gasteiger partial charge in [0.2, 0.25) is 0 Å². The second-order valence-electron chi connectivity index (χ2n) is 7.19. The molecule has 0 aromatic heterocycles. The Bertz CT molecular complexity index is 492. The fraction of sp³-hybridized carbons (Fsp3) is 0.650. The molecule has 1 aliphatic carbocycles. The van der Waals surface area contributed by atoms with Gasteiger partial charge in [-0.2, -0.15) is 0 Å².